The van der Waals surface area contributed by atoms with Crippen LogP contribution < -0.4 is 0 Å². The normalized spacial score (nSPS) is 31.6. The molecule has 1 aliphatic rings. The summed E-state index contributed by atoms with van der Waals surface area (Å²) in [6.07, 6.45) is -3.44. The van der Waals surface area contributed by atoms with Crippen LogP contribution in [0.5, 0.6) is 0 Å². The summed E-state index contributed by atoms with van der Waals surface area (Å²) in [6.45, 7) is 4.38. The van der Waals surface area contributed by atoms with Crippen molar-refractivity contribution in [2.75, 3.05) is 6.61 Å². The molecule has 1 fully saturated rings. The maximum Gasteiger partial charge on any atom is 0.304 e. The minimum absolute atomic E-state index is 0.268. The Morgan fingerprint density at radius 2 is 1.52 bits per heavy atom. The SMILES string of the molecule is CC(=O)OC[C@H]1O[C@H](Br)[C@](Br)(OC(C)=O)[C@@H](OC(C)=O)[C@@H]1OC(C)=O. The molecule has 25 heavy (non-hydrogen) atoms. The lowest BCUT2D eigenvalue weighted by Crippen LogP contribution is -2.65. The van der Waals surface area contributed by atoms with Crippen molar-refractivity contribution in [1.29, 1.82) is 0 Å². The number of ether oxygens (including phenoxy) is 5. The Bertz CT molecular complexity index is 552. The molecule has 11 heteroatoms. The summed E-state index contributed by atoms with van der Waals surface area (Å²) in [4.78, 5) is 45.6. The third kappa shape index (κ3) is 5.93. The summed E-state index contributed by atoms with van der Waals surface area (Å²) >= 11 is 6.40. The highest BCUT2D eigenvalue weighted by atomic mass is 79.9. The number of carbonyl (C=O) groups excluding carboxylic acids is 4. The molecule has 0 unspecified atom stereocenters. The van der Waals surface area contributed by atoms with Crippen LogP contribution in [0.15, 0.2) is 0 Å². The first-order valence-corrected chi connectivity index (χ1v) is 8.84. The van der Waals surface area contributed by atoms with Gasteiger partial charge in [-0.1, -0.05) is 15.9 Å². The van der Waals surface area contributed by atoms with E-state index in [1.807, 2.05) is 0 Å². The molecule has 0 N–H and O–H groups in total. The second-order valence-corrected chi connectivity index (χ2v) is 7.26. The molecule has 0 spiro atoms. The van der Waals surface area contributed by atoms with E-state index in [1.165, 1.54) is 6.92 Å². The Morgan fingerprint density at radius 1 is 0.960 bits per heavy atom. The smallest absolute Gasteiger partial charge is 0.304 e. The highest BCUT2D eigenvalue weighted by molar-refractivity contribution is 9.12. The highest BCUT2D eigenvalue weighted by Gasteiger charge is 2.60. The number of hydrogen-bond acceptors (Lipinski definition) is 9. The van der Waals surface area contributed by atoms with Crippen LogP contribution >= 0.6 is 31.9 Å². The molecule has 1 saturated heterocycles. The number of carbonyl (C=O) groups is 4. The second kappa shape index (κ2) is 8.95. The van der Waals surface area contributed by atoms with Gasteiger partial charge in [0.25, 0.3) is 0 Å². The zero-order valence-corrected chi connectivity index (χ0v) is 17.1. The standard InChI is InChI=1S/C14H18Br2O9/c1-6(17)21-5-10-11(22-7(2)18)12(23-8(3)19)14(16,13(15)24-10)25-9(4)20/h10-13H,5H2,1-4H3/t10-,11-,12+,13+,14-/m1/s1. The molecule has 0 aromatic rings. The largest absolute Gasteiger partial charge is 0.463 e. The van der Waals surface area contributed by atoms with Crippen molar-refractivity contribution in [2.45, 2.75) is 55.5 Å². The van der Waals surface area contributed by atoms with Gasteiger partial charge in [-0.15, -0.1) is 0 Å². The van der Waals surface area contributed by atoms with E-state index < -0.39 is 51.7 Å². The van der Waals surface area contributed by atoms with Gasteiger partial charge in [0.1, 0.15) is 12.7 Å². The fourth-order valence-electron chi connectivity index (χ4n) is 2.19. The highest BCUT2D eigenvalue weighted by Crippen LogP contribution is 2.44. The third-order valence-corrected chi connectivity index (χ3v) is 5.54. The molecule has 0 saturated carbocycles. The summed E-state index contributed by atoms with van der Waals surface area (Å²) in [6, 6.07) is 0. The summed E-state index contributed by atoms with van der Waals surface area (Å²) in [7, 11) is 0. The van der Waals surface area contributed by atoms with Gasteiger partial charge in [-0.2, -0.15) is 0 Å². The summed E-state index contributed by atoms with van der Waals surface area (Å²) < 4.78 is 24.5. The molecule has 1 aliphatic heterocycles. The van der Waals surface area contributed by atoms with Crippen LogP contribution in [0.4, 0.5) is 0 Å². The van der Waals surface area contributed by atoms with Crippen molar-refractivity contribution in [3.8, 4) is 0 Å². The number of halogens is 2. The molecule has 9 nitrogen and oxygen atoms in total. The van der Waals surface area contributed by atoms with Gasteiger partial charge in [0.2, 0.25) is 4.51 Å². The molecule has 0 aromatic heterocycles. The summed E-state index contributed by atoms with van der Waals surface area (Å²) in [5.41, 5.74) is 0. The monoisotopic (exact) mass is 488 g/mol. The van der Waals surface area contributed by atoms with Crippen LogP contribution in [0.3, 0.4) is 0 Å². The lowest BCUT2D eigenvalue weighted by atomic mass is 9.99. The molecule has 0 aliphatic carbocycles. The average molecular weight is 490 g/mol. The summed E-state index contributed by atoms with van der Waals surface area (Å²) in [5.74, 6) is -2.66. The van der Waals surface area contributed by atoms with Crippen LogP contribution in [0, 0.1) is 0 Å². The van der Waals surface area contributed by atoms with Gasteiger partial charge in [0.05, 0.1) is 0 Å². The molecular formula is C14H18Br2O9. The first kappa shape index (κ1) is 21.8. The second-order valence-electron chi connectivity index (χ2n) is 5.19. The van der Waals surface area contributed by atoms with E-state index in [-0.39, 0.29) is 6.61 Å². The van der Waals surface area contributed by atoms with Crippen LogP contribution in [-0.4, -0.2) is 58.3 Å². The minimum Gasteiger partial charge on any atom is -0.463 e. The predicted molar refractivity (Wildman–Crippen MR) is 88.8 cm³/mol. The molecular weight excluding hydrogens is 472 g/mol. The average Bonchev–Trinajstić information content (AvgIpc) is 2.44. The Hall–Kier alpha value is -1.20. The fraction of sp³-hybridized carbons (Fsp3) is 0.714. The van der Waals surface area contributed by atoms with Crippen LogP contribution in [0.1, 0.15) is 27.7 Å². The van der Waals surface area contributed by atoms with Gasteiger partial charge in [0.15, 0.2) is 17.2 Å². The summed E-state index contributed by atoms with van der Waals surface area (Å²) in [5, 5.41) is -0.999. The van der Waals surface area contributed by atoms with Crippen LogP contribution in [0.25, 0.3) is 0 Å². The van der Waals surface area contributed by atoms with Crippen molar-refractivity contribution < 1.29 is 42.9 Å². The lowest BCUT2D eigenvalue weighted by molar-refractivity contribution is -0.243. The van der Waals surface area contributed by atoms with E-state index >= 15 is 0 Å². The lowest BCUT2D eigenvalue weighted by Gasteiger charge is -2.47. The minimum atomic E-state index is -1.67. The zero-order chi connectivity index (χ0) is 19.4. The Labute approximate surface area is 160 Å². The quantitative estimate of drug-likeness (QED) is 0.319. The topological polar surface area (TPSA) is 114 Å². The third-order valence-electron chi connectivity index (χ3n) is 3.00. The molecule has 0 radical (unpaired) electrons. The van der Waals surface area contributed by atoms with Crippen molar-refractivity contribution in [1.82, 2.24) is 0 Å². The molecule has 0 bridgehead atoms. The predicted octanol–water partition coefficient (Wildman–Crippen LogP) is 1.19. The maximum atomic E-state index is 11.5. The Balaban J connectivity index is 3.26. The van der Waals surface area contributed by atoms with E-state index in [1.54, 1.807) is 0 Å². The van der Waals surface area contributed by atoms with Crippen LogP contribution in [-0.2, 0) is 42.9 Å². The van der Waals surface area contributed by atoms with Gasteiger partial charge >= 0.3 is 23.9 Å². The Kier molecular flexibility index (Phi) is 7.82. The molecule has 0 amide bonds. The first-order chi connectivity index (χ1) is 11.5. The van der Waals surface area contributed by atoms with Gasteiger partial charge in [-0.05, 0) is 15.9 Å². The van der Waals surface area contributed by atoms with Crippen molar-refractivity contribution in [3.05, 3.63) is 0 Å². The van der Waals surface area contributed by atoms with E-state index in [4.69, 9.17) is 23.7 Å². The number of rotatable bonds is 5. The van der Waals surface area contributed by atoms with Gasteiger partial charge in [-0.25, -0.2) is 0 Å². The fourth-order valence-corrected chi connectivity index (χ4v) is 3.51. The molecule has 142 valence electrons. The molecule has 5 atom stereocenters. The molecule has 1 heterocycles. The maximum absolute atomic E-state index is 11.5. The van der Waals surface area contributed by atoms with E-state index in [9.17, 15) is 19.2 Å². The van der Waals surface area contributed by atoms with Crippen molar-refractivity contribution >= 4 is 55.7 Å². The molecule has 1 rings (SSSR count). The van der Waals surface area contributed by atoms with E-state index in [0.29, 0.717) is 0 Å². The van der Waals surface area contributed by atoms with Crippen LogP contribution in [0.2, 0.25) is 0 Å². The Morgan fingerprint density at radius 3 is 1.96 bits per heavy atom. The van der Waals surface area contributed by atoms with Gasteiger partial charge in [0, 0.05) is 27.7 Å². The number of alkyl halides is 2. The van der Waals surface area contributed by atoms with Crippen molar-refractivity contribution in [2.24, 2.45) is 0 Å². The van der Waals surface area contributed by atoms with E-state index in [0.717, 1.165) is 20.8 Å². The van der Waals surface area contributed by atoms with Crippen molar-refractivity contribution in [3.63, 3.8) is 0 Å². The molecule has 0 aromatic carbocycles. The van der Waals surface area contributed by atoms with Gasteiger partial charge in [-0.3, -0.25) is 19.2 Å². The van der Waals surface area contributed by atoms with Gasteiger partial charge < -0.3 is 23.7 Å². The number of hydrogen-bond donors (Lipinski definition) is 0. The first-order valence-electron chi connectivity index (χ1n) is 7.13. The van der Waals surface area contributed by atoms with E-state index in [2.05, 4.69) is 31.9 Å². The number of esters is 4. The zero-order valence-electron chi connectivity index (χ0n) is 13.9.